The zero-order valence-corrected chi connectivity index (χ0v) is 8.67. The second-order valence-corrected chi connectivity index (χ2v) is 3.98. The summed E-state index contributed by atoms with van der Waals surface area (Å²) >= 11 is 0. The van der Waals surface area contributed by atoms with Gasteiger partial charge in [0.2, 0.25) is 0 Å². The first-order valence-corrected chi connectivity index (χ1v) is 5.06. The molecule has 0 amide bonds. The highest BCUT2D eigenvalue weighted by Gasteiger charge is 2.18. The van der Waals surface area contributed by atoms with Gasteiger partial charge in [-0.15, -0.1) is 0 Å². The number of nitrogen functional groups attached to an aromatic ring is 1. The van der Waals surface area contributed by atoms with E-state index in [1.54, 1.807) is 0 Å². The largest absolute Gasteiger partial charge is 0.397 e. The quantitative estimate of drug-likeness (QED) is 0.545. The standard InChI is InChI=1S/C11H17N3/c1-7-8(2)14-11-9(6-13-7)4-3-5-10(11)12/h3-5,7-8,13-14H,6,12H2,1-2H3/t7-,8-/m0/s1. The van der Waals surface area contributed by atoms with Crippen LogP contribution in [-0.4, -0.2) is 12.1 Å². The number of benzene rings is 1. The van der Waals surface area contributed by atoms with Gasteiger partial charge in [-0.2, -0.15) is 0 Å². The molecule has 0 saturated heterocycles. The van der Waals surface area contributed by atoms with Crippen LogP contribution in [0.5, 0.6) is 0 Å². The van der Waals surface area contributed by atoms with Gasteiger partial charge in [-0.1, -0.05) is 12.1 Å². The minimum atomic E-state index is 0.404. The van der Waals surface area contributed by atoms with Crippen molar-refractivity contribution in [3.63, 3.8) is 0 Å². The number of fused-ring (bicyclic) bond motifs is 1. The first-order chi connectivity index (χ1) is 6.68. The lowest BCUT2D eigenvalue weighted by Crippen LogP contribution is -2.37. The maximum atomic E-state index is 5.93. The van der Waals surface area contributed by atoms with Gasteiger partial charge in [-0.05, 0) is 25.5 Å². The Kier molecular flexibility index (Phi) is 2.33. The Morgan fingerprint density at radius 2 is 2.07 bits per heavy atom. The topological polar surface area (TPSA) is 50.1 Å². The number of nitrogens with two attached hydrogens (primary N) is 1. The zero-order chi connectivity index (χ0) is 10.1. The highest BCUT2D eigenvalue weighted by atomic mass is 15.0. The maximum Gasteiger partial charge on any atom is 0.0622 e. The normalized spacial score (nSPS) is 26.1. The predicted octanol–water partition coefficient (Wildman–Crippen LogP) is 1.56. The van der Waals surface area contributed by atoms with Gasteiger partial charge in [0, 0.05) is 18.6 Å². The summed E-state index contributed by atoms with van der Waals surface area (Å²) in [6.45, 7) is 5.23. The molecule has 0 spiro atoms. The minimum Gasteiger partial charge on any atom is -0.397 e. The molecular weight excluding hydrogens is 174 g/mol. The summed E-state index contributed by atoms with van der Waals surface area (Å²) in [5.74, 6) is 0. The summed E-state index contributed by atoms with van der Waals surface area (Å²) in [6, 6.07) is 6.91. The Labute approximate surface area is 84.7 Å². The molecule has 1 aliphatic rings. The molecule has 0 aromatic heterocycles. The second kappa shape index (κ2) is 3.50. The van der Waals surface area contributed by atoms with E-state index in [1.807, 2.05) is 12.1 Å². The van der Waals surface area contributed by atoms with Crippen molar-refractivity contribution in [2.45, 2.75) is 32.5 Å². The molecule has 0 saturated carbocycles. The van der Waals surface area contributed by atoms with E-state index < -0.39 is 0 Å². The summed E-state index contributed by atoms with van der Waals surface area (Å²) in [5.41, 5.74) is 9.11. The fourth-order valence-corrected chi connectivity index (χ4v) is 1.74. The van der Waals surface area contributed by atoms with Gasteiger partial charge >= 0.3 is 0 Å². The van der Waals surface area contributed by atoms with Crippen molar-refractivity contribution in [2.24, 2.45) is 0 Å². The molecule has 0 radical (unpaired) electrons. The lowest BCUT2D eigenvalue weighted by atomic mass is 10.1. The van der Waals surface area contributed by atoms with Gasteiger partial charge in [0.15, 0.2) is 0 Å². The molecule has 0 fully saturated rings. The molecule has 14 heavy (non-hydrogen) atoms. The Morgan fingerprint density at radius 1 is 1.29 bits per heavy atom. The summed E-state index contributed by atoms with van der Waals surface area (Å²) in [5, 5.41) is 6.91. The number of anilines is 2. The average molecular weight is 191 g/mol. The van der Waals surface area contributed by atoms with Gasteiger partial charge in [-0.25, -0.2) is 0 Å². The summed E-state index contributed by atoms with van der Waals surface area (Å²) in [4.78, 5) is 0. The van der Waals surface area contributed by atoms with Crippen LogP contribution >= 0.6 is 0 Å². The first kappa shape index (κ1) is 9.34. The number of para-hydroxylation sites is 1. The van der Waals surface area contributed by atoms with Crippen molar-refractivity contribution in [3.8, 4) is 0 Å². The van der Waals surface area contributed by atoms with Crippen LogP contribution < -0.4 is 16.4 Å². The molecule has 3 nitrogen and oxygen atoms in total. The van der Waals surface area contributed by atoms with Crippen molar-refractivity contribution in [2.75, 3.05) is 11.1 Å². The van der Waals surface area contributed by atoms with Crippen molar-refractivity contribution < 1.29 is 0 Å². The third-order valence-electron chi connectivity index (χ3n) is 2.92. The lowest BCUT2D eigenvalue weighted by Gasteiger charge is -2.19. The van der Waals surface area contributed by atoms with Gasteiger partial charge < -0.3 is 16.4 Å². The van der Waals surface area contributed by atoms with Crippen LogP contribution in [0.15, 0.2) is 18.2 Å². The van der Waals surface area contributed by atoms with Crippen molar-refractivity contribution >= 4 is 11.4 Å². The molecular formula is C11H17N3. The Morgan fingerprint density at radius 3 is 2.86 bits per heavy atom. The highest BCUT2D eigenvalue weighted by Crippen LogP contribution is 2.26. The summed E-state index contributed by atoms with van der Waals surface area (Å²) in [6.07, 6.45) is 0. The maximum absolute atomic E-state index is 5.93. The van der Waals surface area contributed by atoms with Gasteiger partial charge in [0.05, 0.1) is 11.4 Å². The molecule has 1 heterocycles. The molecule has 0 bridgehead atoms. The molecule has 0 unspecified atom stereocenters. The van der Waals surface area contributed by atoms with E-state index in [9.17, 15) is 0 Å². The molecule has 2 rings (SSSR count). The average Bonchev–Trinajstić information content (AvgIpc) is 2.30. The molecule has 3 heteroatoms. The van der Waals surface area contributed by atoms with Crippen LogP contribution in [0.25, 0.3) is 0 Å². The van der Waals surface area contributed by atoms with E-state index in [2.05, 4.69) is 30.5 Å². The van der Waals surface area contributed by atoms with Crippen molar-refractivity contribution in [1.29, 1.82) is 0 Å². The van der Waals surface area contributed by atoms with Gasteiger partial charge in [-0.3, -0.25) is 0 Å². The third-order valence-corrected chi connectivity index (χ3v) is 2.92. The molecule has 76 valence electrons. The monoisotopic (exact) mass is 191 g/mol. The van der Waals surface area contributed by atoms with Crippen LogP contribution in [0.2, 0.25) is 0 Å². The summed E-state index contributed by atoms with van der Waals surface area (Å²) in [7, 11) is 0. The van der Waals surface area contributed by atoms with Crippen LogP contribution in [0.3, 0.4) is 0 Å². The highest BCUT2D eigenvalue weighted by molar-refractivity contribution is 5.71. The number of hydrogen-bond acceptors (Lipinski definition) is 3. The van der Waals surface area contributed by atoms with Gasteiger partial charge in [0.1, 0.15) is 0 Å². The fourth-order valence-electron chi connectivity index (χ4n) is 1.74. The zero-order valence-electron chi connectivity index (χ0n) is 8.67. The van der Waals surface area contributed by atoms with E-state index in [4.69, 9.17) is 5.73 Å². The predicted molar refractivity (Wildman–Crippen MR) is 60.2 cm³/mol. The van der Waals surface area contributed by atoms with E-state index in [1.165, 1.54) is 5.56 Å². The molecule has 1 aliphatic heterocycles. The minimum absolute atomic E-state index is 0.404. The van der Waals surface area contributed by atoms with E-state index >= 15 is 0 Å². The van der Waals surface area contributed by atoms with Crippen LogP contribution in [0.1, 0.15) is 19.4 Å². The Bertz CT molecular complexity index is 335. The molecule has 4 N–H and O–H groups in total. The third kappa shape index (κ3) is 1.55. The SMILES string of the molecule is C[C@@H]1NCc2cccc(N)c2N[C@H]1C. The number of nitrogens with one attached hydrogen (secondary N) is 2. The molecule has 1 aromatic rings. The van der Waals surface area contributed by atoms with Crippen molar-refractivity contribution in [3.05, 3.63) is 23.8 Å². The van der Waals surface area contributed by atoms with Crippen molar-refractivity contribution in [1.82, 2.24) is 5.32 Å². The first-order valence-electron chi connectivity index (χ1n) is 5.06. The number of rotatable bonds is 0. The number of hydrogen-bond donors (Lipinski definition) is 3. The van der Waals surface area contributed by atoms with Crippen LogP contribution in [0.4, 0.5) is 11.4 Å². The Balaban J connectivity index is 2.38. The van der Waals surface area contributed by atoms with Crippen LogP contribution in [0, 0.1) is 0 Å². The van der Waals surface area contributed by atoms with E-state index in [-0.39, 0.29) is 0 Å². The summed E-state index contributed by atoms with van der Waals surface area (Å²) < 4.78 is 0. The molecule has 0 aliphatic carbocycles. The fraction of sp³-hybridized carbons (Fsp3) is 0.455. The molecule has 2 atom stereocenters. The Hall–Kier alpha value is -1.22. The van der Waals surface area contributed by atoms with E-state index in [0.717, 1.165) is 17.9 Å². The van der Waals surface area contributed by atoms with E-state index in [0.29, 0.717) is 12.1 Å². The molecule has 1 aromatic carbocycles. The smallest absolute Gasteiger partial charge is 0.0622 e. The second-order valence-electron chi connectivity index (χ2n) is 3.98. The lowest BCUT2D eigenvalue weighted by molar-refractivity contribution is 0.510. The van der Waals surface area contributed by atoms with Crippen LogP contribution in [-0.2, 0) is 6.54 Å². The van der Waals surface area contributed by atoms with Gasteiger partial charge in [0.25, 0.3) is 0 Å².